The van der Waals surface area contributed by atoms with Gasteiger partial charge in [-0.15, -0.1) is 0 Å². The van der Waals surface area contributed by atoms with Crippen LogP contribution in [0, 0.1) is 0 Å². The van der Waals surface area contributed by atoms with Crippen LogP contribution >= 0.6 is 0 Å². The van der Waals surface area contributed by atoms with Crippen LogP contribution in [0.4, 0.5) is 0 Å². The summed E-state index contributed by atoms with van der Waals surface area (Å²) < 4.78 is 49.0. The van der Waals surface area contributed by atoms with Gasteiger partial charge in [0.1, 0.15) is 12.0 Å². The van der Waals surface area contributed by atoms with Crippen LogP contribution < -0.4 is 4.74 Å². The van der Waals surface area contributed by atoms with Gasteiger partial charge in [0, 0.05) is 5.56 Å². The van der Waals surface area contributed by atoms with Crippen molar-refractivity contribution >= 4 is 21.8 Å². The van der Waals surface area contributed by atoms with Gasteiger partial charge in [0.25, 0.3) is 0 Å². The van der Waals surface area contributed by atoms with Gasteiger partial charge in [-0.2, -0.15) is 4.31 Å². The number of Topliss-reactive ketones (excluding diaryl/α,β-unsaturated/α-hetero) is 1. The van der Waals surface area contributed by atoms with Gasteiger partial charge in [-0.05, 0) is 30.2 Å². The minimum atomic E-state index is -4.32. The fourth-order valence-electron chi connectivity index (χ4n) is 3.82. The Bertz CT molecular complexity index is 1180. The Balaban J connectivity index is 1.91. The van der Waals surface area contributed by atoms with Gasteiger partial charge in [-0.1, -0.05) is 30.3 Å². The van der Waals surface area contributed by atoms with Crippen molar-refractivity contribution < 1.29 is 37.0 Å². The standard InChI is InChI=1S/C22H21NO8S/c1-28-15-8-9-19-16(11-15)21(24)20(22(25)29-2)23(32(19,26)27)17(18-12-30-13-31-18)10-14-6-4-3-5-7-14/h3-9,11-12,17,20H,10,13H2,1-2H3. The highest BCUT2D eigenvalue weighted by Crippen LogP contribution is 2.37. The topological polar surface area (TPSA) is 108 Å². The lowest BCUT2D eigenvalue weighted by Gasteiger charge is -2.38. The maximum Gasteiger partial charge on any atom is 0.332 e. The van der Waals surface area contributed by atoms with Gasteiger partial charge in [0.05, 0.1) is 25.2 Å². The second kappa shape index (κ2) is 8.64. The SMILES string of the molecule is COC(=O)C1C(=O)c2cc(OC)ccc2S(=O)(=O)N1C(Cc1ccccc1)C1=COCO1. The zero-order valence-electron chi connectivity index (χ0n) is 17.4. The number of methoxy groups -OCH3 is 2. The summed E-state index contributed by atoms with van der Waals surface area (Å²) in [7, 11) is -1.83. The number of esters is 1. The first kappa shape index (κ1) is 21.8. The highest BCUT2D eigenvalue weighted by Gasteiger charge is 2.52. The molecule has 0 saturated heterocycles. The lowest BCUT2D eigenvalue weighted by Crippen LogP contribution is -2.58. The maximum atomic E-state index is 13.8. The third-order valence-corrected chi connectivity index (χ3v) is 7.27. The van der Waals surface area contributed by atoms with Crippen molar-refractivity contribution in [3.63, 3.8) is 0 Å². The fraction of sp³-hybridized carbons (Fsp3) is 0.273. The third-order valence-electron chi connectivity index (χ3n) is 5.34. The second-order valence-electron chi connectivity index (χ2n) is 7.14. The lowest BCUT2D eigenvalue weighted by molar-refractivity contribution is -0.144. The maximum absolute atomic E-state index is 13.8. The molecule has 2 unspecified atom stereocenters. The molecule has 10 heteroatoms. The van der Waals surface area contributed by atoms with Crippen LogP contribution in [0.25, 0.3) is 0 Å². The van der Waals surface area contributed by atoms with Gasteiger partial charge < -0.3 is 18.9 Å². The normalized spacial score (nSPS) is 20.4. The molecule has 2 heterocycles. The highest BCUT2D eigenvalue weighted by molar-refractivity contribution is 7.89. The molecule has 2 atom stereocenters. The van der Waals surface area contributed by atoms with Crippen LogP contribution in [0.3, 0.4) is 0 Å². The van der Waals surface area contributed by atoms with Crippen molar-refractivity contribution in [1.82, 2.24) is 4.31 Å². The van der Waals surface area contributed by atoms with Crippen molar-refractivity contribution in [2.75, 3.05) is 21.0 Å². The number of ether oxygens (including phenoxy) is 4. The summed E-state index contributed by atoms with van der Waals surface area (Å²) >= 11 is 0. The third kappa shape index (κ3) is 3.71. The number of sulfonamides is 1. The zero-order valence-corrected chi connectivity index (χ0v) is 18.2. The second-order valence-corrected chi connectivity index (χ2v) is 8.95. The summed E-state index contributed by atoms with van der Waals surface area (Å²) in [6.45, 7) is -0.0981. The molecular weight excluding hydrogens is 438 g/mol. The average molecular weight is 459 g/mol. The molecule has 4 rings (SSSR count). The van der Waals surface area contributed by atoms with Gasteiger partial charge in [-0.3, -0.25) is 4.79 Å². The summed E-state index contributed by atoms with van der Waals surface area (Å²) in [5.41, 5.74) is 0.646. The molecule has 0 saturated carbocycles. The van der Waals surface area contributed by atoms with Crippen LogP contribution in [0.1, 0.15) is 15.9 Å². The Hall–Kier alpha value is -3.37. The molecule has 32 heavy (non-hydrogen) atoms. The Morgan fingerprint density at radius 1 is 1.19 bits per heavy atom. The summed E-state index contributed by atoms with van der Waals surface area (Å²) in [5, 5.41) is 0. The van der Waals surface area contributed by atoms with E-state index in [1.165, 1.54) is 31.6 Å². The monoisotopic (exact) mass is 459 g/mol. The predicted octanol–water partition coefficient (Wildman–Crippen LogP) is 1.88. The number of carbonyl (C=O) groups excluding carboxylic acids is 2. The molecule has 0 amide bonds. The molecule has 9 nitrogen and oxygen atoms in total. The average Bonchev–Trinajstić information content (AvgIpc) is 3.34. The van der Waals surface area contributed by atoms with E-state index in [9.17, 15) is 18.0 Å². The van der Waals surface area contributed by atoms with Crippen LogP contribution in [-0.4, -0.2) is 57.6 Å². The summed E-state index contributed by atoms with van der Waals surface area (Å²) in [4.78, 5) is 25.9. The van der Waals surface area contributed by atoms with E-state index in [2.05, 4.69) is 0 Å². The van der Waals surface area contributed by atoms with E-state index in [-0.39, 0.29) is 29.4 Å². The lowest BCUT2D eigenvalue weighted by atomic mass is 9.99. The molecule has 0 aliphatic carbocycles. The van der Waals surface area contributed by atoms with Crippen molar-refractivity contribution in [1.29, 1.82) is 0 Å². The molecule has 0 aromatic heterocycles. The number of rotatable bonds is 6. The molecule has 0 bridgehead atoms. The van der Waals surface area contributed by atoms with E-state index in [0.717, 1.165) is 17.0 Å². The molecule has 2 aliphatic rings. The van der Waals surface area contributed by atoms with E-state index in [4.69, 9.17) is 18.9 Å². The smallest absolute Gasteiger partial charge is 0.332 e. The number of hydrogen-bond donors (Lipinski definition) is 0. The molecule has 0 radical (unpaired) electrons. The quantitative estimate of drug-likeness (QED) is 0.476. The number of benzene rings is 2. The molecule has 0 spiro atoms. The number of carbonyl (C=O) groups is 2. The predicted molar refractivity (Wildman–Crippen MR) is 111 cm³/mol. The van der Waals surface area contributed by atoms with Gasteiger partial charge in [0.15, 0.2) is 17.6 Å². The van der Waals surface area contributed by atoms with E-state index in [1.807, 2.05) is 30.3 Å². The van der Waals surface area contributed by atoms with Crippen molar-refractivity contribution in [3.8, 4) is 5.75 Å². The van der Waals surface area contributed by atoms with Gasteiger partial charge >= 0.3 is 5.97 Å². The van der Waals surface area contributed by atoms with E-state index < -0.39 is 33.9 Å². The first-order valence-electron chi connectivity index (χ1n) is 9.70. The molecule has 0 fully saturated rings. The Labute approximate surface area is 185 Å². The molecule has 168 valence electrons. The van der Waals surface area contributed by atoms with Gasteiger partial charge in [-0.25, -0.2) is 13.2 Å². The minimum Gasteiger partial charge on any atom is -0.497 e. The van der Waals surface area contributed by atoms with Crippen LogP contribution in [0.15, 0.2) is 65.4 Å². The molecule has 0 N–H and O–H groups in total. The molecule has 2 aliphatic heterocycles. The largest absolute Gasteiger partial charge is 0.497 e. The summed E-state index contributed by atoms with van der Waals surface area (Å²) in [6.07, 6.45) is 1.44. The van der Waals surface area contributed by atoms with E-state index >= 15 is 0 Å². The van der Waals surface area contributed by atoms with Crippen LogP contribution in [0.2, 0.25) is 0 Å². The van der Waals surface area contributed by atoms with E-state index in [1.54, 1.807) is 0 Å². The first-order valence-corrected chi connectivity index (χ1v) is 11.1. The number of fused-ring (bicyclic) bond motifs is 1. The Kier molecular flexibility index (Phi) is 5.90. The van der Waals surface area contributed by atoms with Crippen molar-refractivity contribution in [2.24, 2.45) is 0 Å². The summed E-state index contributed by atoms with van der Waals surface area (Å²) in [6, 6.07) is 10.4. The number of nitrogens with zero attached hydrogens (tertiary/aromatic N) is 1. The zero-order chi connectivity index (χ0) is 22.9. The van der Waals surface area contributed by atoms with Crippen LogP contribution in [-0.2, 0) is 35.4 Å². The Morgan fingerprint density at radius 2 is 1.94 bits per heavy atom. The minimum absolute atomic E-state index is 0.0981. The number of hydrogen-bond acceptors (Lipinski definition) is 8. The van der Waals surface area contributed by atoms with Crippen molar-refractivity contribution in [2.45, 2.75) is 23.4 Å². The van der Waals surface area contributed by atoms with Crippen molar-refractivity contribution in [3.05, 3.63) is 71.7 Å². The summed E-state index contributed by atoms with van der Waals surface area (Å²) in [5.74, 6) is -1.22. The highest BCUT2D eigenvalue weighted by atomic mass is 32.2. The Morgan fingerprint density at radius 3 is 2.56 bits per heavy atom. The van der Waals surface area contributed by atoms with E-state index in [0.29, 0.717) is 5.75 Å². The fourth-order valence-corrected chi connectivity index (χ4v) is 5.70. The first-order chi connectivity index (χ1) is 15.4. The molecular formula is C22H21NO8S. The molecule has 2 aromatic rings. The number of ketones is 1. The molecule has 2 aromatic carbocycles. The van der Waals surface area contributed by atoms with Crippen LogP contribution in [0.5, 0.6) is 5.75 Å². The van der Waals surface area contributed by atoms with Gasteiger partial charge in [0.2, 0.25) is 16.8 Å².